The third-order valence-corrected chi connectivity index (χ3v) is 5.48. The molecule has 0 aromatic carbocycles. The molecule has 2 aliphatic carbocycles. The Morgan fingerprint density at radius 2 is 2.23 bits per heavy atom. The predicted molar refractivity (Wildman–Crippen MR) is 89.1 cm³/mol. The molecule has 1 aromatic heterocycles. The van der Waals surface area contributed by atoms with Crippen molar-refractivity contribution in [3.8, 4) is 0 Å². The van der Waals surface area contributed by atoms with E-state index in [4.69, 9.17) is 0 Å². The van der Waals surface area contributed by atoms with Crippen molar-refractivity contribution in [2.45, 2.75) is 51.6 Å². The van der Waals surface area contributed by atoms with Crippen LogP contribution in [0.15, 0.2) is 5.38 Å². The molecule has 0 aliphatic heterocycles. The molecule has 5 nitrogen and oxygen atoms in total. The Hall–Kier alpha value is -1.14. The molecule has 1 atom stereocenters. The summed E-state index contributed by atoms with van der Waals surface area (Å²) in [5.41, 5.74) is 1.04. The maximum atomic E-state index is 12.2. The van der Waals surface area contributed by atoms with Crippen molar-refractivity contribution in [1.82, 2.24) is 20.5 Å². The minimum atomic E-state index is -0.0587. The predicted octanol–water partition coefficient (Wildman–Crippen LogP) is 2.69. The monoisotopic (exact) mass is 322 g/mol. The molecule has 0 saturated heterocycles. The van der Waals surface area contributed by atoms with E-state index in [0.717, 1.165) is 29.8 Å². The summed E-state index contributed by atoms with van der Waals surface area (Å²) in [6, 6.07) is 0.786. The molecule has 122 valence electrons. The molecule has 1 unspecified atom stereocenters. The number of hydrogen-bond acceptors (Lipinski definition) is 4. The van der Waals surface area contributed by atoms with Gasteiger partial charge in [-0.05, 0) is 45.1 Å². The van der Waals surface area contributed by atoms with Gasteiger partial charge in [0.1, 0.15) is 5.01 Å². The molecule has 0 spiro atoms. The lowest BCUT2D eigenvalue weighted by molar-refractivity contribution is 0.230. The van der Waals surface area contributed by atoms with Gasteiger partial charge in [-0.3, -0.25) is 4.90 Å². The highest BCUT2D eigenvalue weighted by Crippen LogP contribution is 2.41. The number of rotatable bonds is 8. The Labute approximate surface area is 136 Å². The number of amides is 2. The van der Waals surface area contributed by atoms with Crippen LogP contribution in [0.3, 0.4) is 0 Å². The normalized spacial score (nSPS) is 19.2. The Morgan fingerprint density at radius 1 is 1.45 bits per heavy atom. The van der Waals surface area contributed by atoms with Gasteiger partial charge in [0.2, 0.25) is 0 Å². The van der Waals surface area contributed by atoms with Gasteiger partial charge in [0.05, 0.1) is 6.04 Å². The maximum Gasteiger partial charge on any atom is 0.315 e. The fraction of sp³-hybridized carbons (Fsp3) is 0.750. The van der Waals surface area contributed by atoms with Crippen molar-refractivity contribution in [3.05, 3.63) is 16.1 Å². The molecule has 1 heterocycles. The number of likely N-dealkylation sites (N-methyl/N-ethyl adjacent to an activating group) is 1. The van der Waals surface area contributed by atoms with Crippen LogP contribution < -0.4 is 10.6 Å². The van der Waals surface area contributed by atoms with E-state index in [1.807, 2.05) is 6.92 Å². The smallest absolute Gasteiger partial charge is 0.315 e. The average Bonchev–Trinajstić information content (AvgIpc) is 3.40. The molecule has 2 aliphatic rings. The first-order valence-corrected chi connectivity index (χ1v) is 9.25. The van der Waals surface area contributed by atoms with Gasteiger partial charge < -0.3 is 10.6 Å². The maximum absolute atomic E-state index is 12.2. The molecule has 3 rings (SSSR count). The van der Waals surface area contributed by atoms with Gasteiger partial charge in [-0.2, -0.15) is 0 Å². The minimum absolute atomic E-state index is 0.0587. The first kappa shape index (κ1) is 15.7. The third kappa shape index (κ3) is 4.20. The van der Waals surface area contributed by atoms with Crippen molar-refractivity contribution in [2.75, 3.05) is 19.6 Å². The number of hydrogen-bond donors (Lipinski definition) is 2. The summed E-state index contributed by atoms with van der Waals surface area (Å²) in [4.78, 5) is 19.2. The van der Waals surface area contributed by atoms with Crippen molar-refractivity contribution in [2.24, 2.45) is 5.92 Å². The molecule has 2 saturated carbocycles. The number of carbonyl (C=O) groups excluding carboxylic acids is 1. The van der Waals surface area contributed by atoms with Crippen LogP contribution >= 0.6 is 11.3 Å². The van der Waals surface area contributed by atoms with Gasteiger partial charge in [0.15, 0.2) is 0 Å². The molecule has 6 heteroatoms. The molecule has 22 heavy (non-hydrogen) atoms. The summed E-state index contributed by atoms with van der Waals surface area (Å²) in [5, 5.41) is 9.23. The molecule has 2 amide bonds. The van der Waals surface area contributed by atoms with Crippen LogP contribution in [0.5, 0.6) is 0 Å². The number of carbonyl (C=O) groups is 1. The van der Waals surface area contributed by atoms with Crippen LogP contribution in [0.2, 0.25) is 0 Å². The van der Waals surface area contributed by atoms with Gasteiger partial charge >= 0.3 is 6.03 Å². The fourth-order valence-corrected chi connectivity index (χ4v) is 3.81. The summed E-state index contributed by atoms with van der Waals surface area (Å²) in [5.74, 6) is 0.565. The highest BCUT2D eigenvalue weighted by molar-refractivity contribution is 7.09. The van der Waals surface area contributed by atoms with E-state index in [0.29, 0.717) is 12.5 Å². The number of aryl methyl sites for hydroxylation is 1. The first-order valence-electron chi connectivity index (χ1n) is 8.37. The number of urea groups is 1. The lowest BCUT2D eigenvalue weighted by atomic mass is 10.2. The summed E-state index contributed by atoms with van der Waals surface area (Å²) >= 11 is 1.65. The van der Waals surface area contributed by atoms with Crippen LogP contribution in [-0.4, -0.2) is 41.6 Å². The highest BCUT2D eigenvalue weighted by Gasteiger charge is 2.35. The van der Waals surface area contributed by atoms with E-state index < -0.39 is 0 Å². The van der Waals surface area contributed by atoms with E-state index >= 15 is 0 Å². The van der Waals surface area contributed by atoms with E-state index in [1.54, 1.807) is 11.3 Å². The van der Waals surface area contributed by atoms with Gasteiger partial charge in [-0.15, -0.1) is 11.3 Å². The largest absolute Gasteiger partial charge is 0.337 e. The molecule has 0 radical (unpaired) electrons. The minimum Gasteiger partial charge on any atom is -0.337 e. The summed E-state index contributed by atoms with van der Waals surface area (Å²) in [6.07, 6.45) is 5.00. The Balaban J connectivity index is 1.45. The molecular formula is C16H26N4OS. The standard InChI is InChI=1S/C16H26N4OS/c1-3-20(13-6-7-13)9-8-17-16(21)19-14(12-4-5-12)15-18-11(2)10-22-15/h10,12-14H,3-9H2,1-2H3,(H2,17,19,21). The van der Waals surface area contributed by atoms with Crippen molar-refractivity contribution >= 4 is 17.4 Å². The molecule has 2 fully saturated rings. The molecular weight excluding hydrogens is 296 g/mol. The lowest BCUT2D eigenvalue weighted by Gasteiger charge is -2.21. The second-order valence-corrected chi connectivity index (χ2v) is 7.29. The zero-order valence-corrected chi connectivity index (χ0v) is 14.3. The van der Waals surface area contributed by atoms with Crippen LogP contribution in [0, 0.1) is 12.8 Å². The van der Waals surface area contributed by atoms with E-state index in [2.05, 4.69) is 32.8 Å². The number of aromatic nitrogens is 1. The zero-order valence-electron chi connectivity index (χ0n) is 13.5. The van der Waals surface area contributed by atoms with Crippen LogP contribution in [0.1, 0.15) is 49.4 Å². The molecule has 2 N–H and O–H groups in total. The number of nitrogens with one attached hydrogen (secondary N) is 2. The lowest BCUT2D eigenvalue weighted by Crippen LogP contribution is -2.42. The second kappa shape index (κ2) is 6.96. The van der Waals surface area contributed by atoms with Crippen molar-refractivity contribution < 1.29 is 4.79 Å². The first-order chi connectivity index (χ1) is 10.7. The van der Waals surface area contributed by atoms with Crippen molar-refractivity contribution in [1.29, 1.82) is 0 Å². The van der Waals surface area contributed by atoms with Gasteiger partial charge in [-0.1, -0.05) is 6.92 Å². The summed E-state index contributed by atoms with van der Waals surface area (Å²) in [7, 11) is 0. The van der Waals surface area contributed by atoms with E-state index in [9.17, 15) is 4.79 Å². The van der Waals surface area contributed by atoms with Gasteiger partial charge in [0.25, 0.3) is 0 Å². The second-order valence-electron chi connectivity index (χ2n) is 6.40. The molecule has 0 bridgehead atoms. The van der Waals surface area contributed by atoms with Crippen LogP contribution in [-0.2, 0) is 0 Å². The van der Waals surface area contributed by atoms with Gasteiger partial charge in [0, 0.05) is 30.2 Å². The number of thiazole rings is 1. The summed E-state index contributed by atoms with van der Waals surface area (Å²) in [6.45, 7) is 6.91. The Morgan fingerprint density at radius 3 is 2.77 bits per heavy atom. The SMILES string of the molecule is CCN(CCNC(=O)NC(c1nc(C)cs1)C1CC1)C1CC1. The third-order valence-electron chi connectivity index (χ3n) is 4.44. The van der Waals surface area contributed by atoms with Crippen LogP contribution in [0.4, 0.5) is 4.79 Å². The highest BCUT2D eigenvalue weighted by atomic mass is 32.1. The fourth-order valence-electron chi connectivity index (χ4n) is 2.87. The zero-order chi connectivity index (χ0) is 15.5. The Kier molecular flexibility index (Phi) is 4.98. The topological polar surface area (TPSA) is 57.3 Å². The average molecular weight is 322 g/mol. The van der Waals surface area contributed by atoms with Crippen molar-refractivity contribution in [3.63, 3.8) is 0 Å². The number of nitrogens with zero attached hydrogens (tertiary/aromatic N) is 2. The quantitative estimate of drug-likeness (QED) is 0.774. The Bertz CT molecular complexity index is 510. The van der Waals surface area contributed by atoms with Crippen LogP contribution in [0.25, 0.3) is 0 Å². The summed E-state index contributed by atoms with van der Waals surface area (Å²) < 4.78 is 0. The van der Waals surface area contributed by atoms with E-state index in [1.165, 1.54) is 25.7 Å². The van der Waals surface area contributed by atoms with Gasteiger partial charge in [-0.25, -0.2) is 9.78 Å². The molecule has 1 aromatic rings. The van der Waals surface area contributed by atoms with E-state index in [-0.39, 0.29) is 12.1 Å².